The molecule has 11 rings (SSSR count). The van der Waals surface area contributed by atoms with Crippen molar-refractivity contribution in [1.82, 2.24) is 53.8 Å². The van der Waals surface area contributed by atoms with Gasteiger partial charge in [0, 0.05) is 123 Å². The van der Waals surface area contributed by atoms with Crippen molar-refractivity contribution in [3.05, 3.63) is 118 Å². The van der Waals surface area contributed by atoms with Crippen molar-refractivity contribution in [1.29, 1.82) is 10.5 Å². The molecule has 0 unspecified atom stereocenters. The number of primary amides is 1. The van der Waals surface area contributed by atoms with Crippen LogP contribution in [-0.4, -0.2) is 258 Å². The third-order valence-electron chi connectivity index (χ3n) is 19.0. The molecule has 33 heteroatoms. The number of rotatable bonds is 24. The summed E-state index contributed by atoms with van der Waals surface area (Å²) in [5.41, 5.74) is 8.77. The number of ether oxygens (including phenoxy) is 8. The number of nitrogens with zero attached hydrogens (tertiary/aromatic N) is 13. The molecule has 0 spiro atoms. The fraction of sp³-hybridized carbons (Fsp3) is 0.523. The Morgan fingerprint density at radius 2 is 0.824 bits per heavy atom. The Labute approximate surface area is 725 Å². The van der Waals surface area contributed by atoms with E-state index in [-0.39, 0.29) is 54.1 Å². The molecule has 8 heterocycles. The number of amides is 4. The topological polar surface area (TPSA) is 342 Å². The van der Waals surface area contributed by atoms with E-state index in [4.69, 9.17) is 58.9 Å². The Kier molecular flexibility index (Phi) is 38.7. The van der Waals surface area contributed by atoms with Crippen LogP contribution in [0.15, 0.2) is 67.3 Å². The second kappa shape index (κ2) is 48.1. The number of nitriles is 2. The van der Waals surface area contributed by atoms with Crippen molar-refractivity contribution >= 4 is 89.2 Å². The minimum absolute atomic E-state index is 0.105. The Hall–Kier alpha value is -10.3. The van der Waals surface area contributed by atoms with Crippen LogP contribution in [0.1, 0.15) is 173 Å². The summed E-state index contributed by atoms with van der Waals surface area (Å²) in [4.78, 5) is 60.0. The van der Waals surface area contributed by atoms with Gasteiger partial charge in [0.1, 0.15) is 92.0 Å². The van der Waals surface area contributed by atoms with Gasteiger partial charge in [-0.2, -0.15) is 25.8 Å². The van der Waals surface area contributed by atoms with Crippen LogP contribution in [0.5, 0.6) is 34.5 Å². The number of aliphatic hydroxyl groups is 1. The number of hydrogen-bond acceptors (Lipinski definition) is 23. The van der Waals surface area contributed by atoms with Gasteiger partial charge in [0.2, 0.25) is 5.91 Å². The number of anilines is 3. The third kappa shape index (κ3) is 29.0. The number of benzene rings is 3. The summed E-state index contributed by atoms with van der Waals surface area (Å²) in [6, 6.07) is 20.3. The second-order valence-corrected chi connectivity index (χ2v) is 32.4. The SMILES string of the molecule is C=CC(=O)N1CC[C@H](n2nc(C#Cc3cc(OC)cc(OC)c3)c(C(N)=O)c2NCCN2CCCC2)C1.CCCBr.COc1cc(C#Cc2nn([C@H]3CCN(C(=O)OC(C)(C)C)C3)c(NCCBr)c2C#N)cc(OC)c1.COc1cc(C#Cc2nn([C@H]3CCN(C(=O)OC(C)(C)C)C3)c(NCCN3CCCC3)c2C#N)cc(OC)c1.OCCBr. The van der Waals surface area contributed by atoms with Crippen LogP contribution in [0.2, 0.25) is 0 Å². The molecule has 5 aliphatic rings. The molecule has 30 nitrogen and oxygen atoms in total. The molecule has 6 N–H and O–H groups in total. The number of carbonyl (C=O) groups is 4. The van der Waals surface area contributed by atoms with Crippen LogP contribution in [0.3, 0.4) is 0 Å². The fourth-order valence-corrected chi connectivity index (χ4v) is 13.5. The van der Waals surface area contributed by atoms with Crippen LogP contribution in [-0.2, 0) is 14.3 Å². The third-order valence-corrected chi connectivity index (χ3v) is 20.6. The average Bonchev–Trinajstić information content (AvgIpc) is 1.65. The average molecular weight is 1830 g/mol. The van der Waals surface area contributed by atoms with Crippen LogP contribution in [0.4, 0.5) is 27.0 Å². The molecule has 3 aromatic heterocycles. The smallest absolute Gasteiger partial charge is 0.410 e. The second-order valence-electron chi connectivity index (χ2n) is 30.0. The lowest BCUT2D eigenvalue weighted by molar-refractivity contribution is -0.125. The first-order chi connectivity index (χ1) is 57.1. The van der Waals surface area contributed by atoms with E-state index in [0.29, 0.717) is 180 Å². The van der Waals surface area contributed by atoms with Gasteiger partial charge >= 0.3 is 12.2 Å². The van der Waals surface area contributed by atoms with Gasteiger partial charge in [0.15, 0.2) is 17.1 Å². The van der Waals surface area contributed by atoms with Crippen molar-refractivity contribution in [2.45, 2.75) is 129 Å². The number of halogens is 3. The molecule has 3 aromatic carbocycles. The number of alkyl halides is 3. The quantitative estimate of drug-likeness (QED) is 0.0213. The highest BCUT2D eigenvalue weighted by Gasteiger charge is 2.37. The molecular formula is C86H114Br3N17O13. The summed E-state index contributed by atoms with van der Waals surface area (Å²) >= 11 is 9.66. The number of aliphatic hydroxyl groups excluding tert-OH is 1. The number of likely N-dealkylation sites (tertiary alicyclic amines) is 5. The minimum atomic E-state index is -0.612. The van der Waals surface area contributed by atoms with Crippen LogP contribution in [0, 0.1) is 58.2 Å². The van der Waals surface area contributed by atoms with E-state index in [1.807, 2.05) is 58.4 Å². The Morgan fingerprint density at radius 3 is 1.13 bits per heavy atom. The van der Waals surface area contributed by atoms with Crippen LogP contribution in [0.25, 0.3) is 0 Å². The zero-order valence-electron chi connectivity index (χ0n) is 70.7. The largest absolute Gasteiger partial charge is 0.497 e. The summed E-state index contributed by atoms with van der Waals surface area (Å²) in [7, 11) is 9.46. The van der Waals surface area contributed by atoms with Crippen molar-refractivity contribution < 1.29 is 62.2 Å². The normalized spacial score (nSPS) is 16.0. The number of aromatic nitrogens is 6. The van der Waals surface area contributed by atoms with Gasteiger partial charge in [-0.15, -0.1) is 0 Å². The van der Waals surface area contributed by atoms with Gasteiger partial charge in [0.25, 0.3) is 5.91 Å². The van der Waals surface area contributed by atoms with E-state index in [0.717, 1.165) is 44.6 Å². The monoisotopic (exact) mass is 1830 g/mol. The van der Waals surface area contributed by atoms with E-state index in [1.165, 1.54) is 38.2 Å². The van der Waals surface area contributed by atoms with Crippen molar-refractivity contribution in [3.63, 3.8) is 0 Å². The van der Waals surface area contributed by atoms with E-state index in [9.17, 15) is 29.7 Å². The minimum Gasteiger partial charge on any atom is -0.497 e. The summed E-state index contributed by atoms with van der Waals surface area (Å²) in [5, 5.41) is 54.8. The predicted octanol–water partition coefficient (Wildman–Crippen LogP) is 12.1. The lowest BCUT2D eigenvalue weighted by Crippen LogP contribution is -2.35. The van der Waals surface area contributed by atoms with Crippen LogP contribution >= 0.6 is 47.8 Å². The van der Waals surface area contributed by atoms with Gasteiger partial charge in [-0.3, -0.25) is 9.59 Å². The highest BCUT2D eigenvalue weighted by molar-refractivity contribution is 9.09. The number of hydrogen-bond donors (Lipinski definition) is 5. The highest BCUT2D eigenvalue weighted by Crippen LogP contribution is 2.35. The molecule has 6 aromatic rings. The summed E-state index contributed by atoms with van der Waals surface area (Å²) < 4.78 is 48.5. The van der Waals surface area contributed by atoms with Gasteiger partial charge in [-0.25, -0.2) is 23.6 Å². The molecule has 0 bridgehead atoms. The molecule has 4 amide bonds. The Balaban J connectivity index is 0.000000235. The van der Waals surface area contributed by atoms with E-state index in [2.05, 4.69) is 140 Å². The summed E-state index contributed by atoms with van der Waals surface area (Å²) in [6.45, 7) is 28.1. The van der Waals surface area contributed by atoms with Gasteiger partial charge in [-0.1, -0.05) is 79.1 Å². The maximum atomic E-state index is 12.7. The van der Waals surface area contributed by atoms with E-state index < -0.39 is 17.1 Å². The van der Waals surface area contributed by atoms with Crippen molar-refractivity contribution in [2.24, 2.45) is 5.73 Å². The molecule has 119 heavy (non-hydrogen) atoms. The van der Waals surface area contributed by atoms with Crippen LogP contribution < -0.4 is 50.1 Å². The molecule has 0 saturated carbocycles. The van der Waals surface area contributed by atoms with Gasteiger partial charge < -0.3 is 89.2 Å². The maximum Gasteiger partial charge on any atom is 0.410 e. The first-order valence-electron chi connectivity index (χ1n) is 39.7. The van der Waals surface area contributed by atoms with Gasteiger partial charge in [0.05, 0.1) is 67.4 Å². The molecule has 3 atom stereocenters. The number of nitrogens with one attached hydrogen (secondary N) is 3. The molecule has 0 aliphatic carbocycles. The predicted molar refractivity (Wildman–Crippen MR) is 470 cm³/mol. The number of nitrogens with two attached hydrogens (primary N) is 1. The van der Waals surface area contributed by atoms with Crippen molar-refractivity contribution in [2.75, 3.05) is 179 Å². The fourth-order valence-electron chi connectivity index (χ4n) is 13.3. The molecule has 5 fully saturated rings. The summed E-state index contributed by atoms with van der Waals surface area (Å²) in [5.74, 6) is 23.1. The Morgan fingerprint density at radius 1 is 0.504 bits per heavy atom. The lowest BCUT2D eigenvalue weighted by atomic mass is 10.1. The van der Waals surface area contributed by atoms with E-state index >= 15 is 0 Å². The Bertz CT molecular complexity index is 4590. The van der Waals surface area contributed by atoms with Crippen molar-refractivity contribution in [3.8, 4) is 82.2 Å². The highest BCUT2D eigenvalue weighted by atomic mass is 79.9. The van der Waals surface area contributed by atoms with Gasteiger partial charge in [-0.05, 0) is 179 Å². The molecule has 642 valence electrons. The molecule has 5 saturated heterocycles. The number of methoxy groups -OCH3 is 6. The number of carbonyl (C=O) groups excluding carboxylic acids is 4. The molecule has 0 radical (unpaired) electrons. The molecule has 5 aliphatic heterocycles. The summed E-state index contributed by atoms with van der Waals surface area (Å²) in [6.07, 6.45) is 8.79. The van der Waals surface area contributed by atoms with E-state index in [1.54, 1.807) is 109 Å². The first kappa shape index (κ1) is 95.8. The standard InChI is InChI=1S/C29H38N6O4.C27H34N6O4.C25H30BrN5O4.C3H7Br.C2H5BrO/c1-29(2,3)39-28(36)34-14-10-22(20-34)35-27(31-11-15-33-12-6-7-13-33)25(19-30)26(32-35)9-8-21-16-23(37-4)18-24(17-21)38-5;1-4-24(34)32-13-9-20(18-32)33-27(29-10-14-31-11-5-6-12-31)25(26(28)35)23(30-33)8-7-19-15-21(36-2)17-22(16-19)37-3;1-25(2,3)35-24(32)30-11-8-18(16-30)31-23(28-10-9-26)21(15-27)22(29-31)7-6-17-12-19(33-4)14-20(13-17)34-5;1-2-3-4;3-1-2-4/h16-18,22,31H,6-7,10-15,20H2,1-5H3;4,15-17,20,29H,1,5-6,9-14,18H2,2-3H3,(H2,28,35);12-14,18,28H,8-11,16H2,1-5H3;2-3H2,1H3;4H,1-2H2/t22-;20-;18-;;/m000../s1. The maximum absolute atomic E-state index is 12.7. The first-order valence-corrected chi connectivity index (χ1v) is 43.1. The molecular weight excluding hydrogens is 1720 g/mol. The zero-order valence-corrected chi connectivity index (χ0v) is 75.4. The zero-order chi connectivity index (χ0) is 86.8. The lowest BCUT2D eigenvalue weighted by Gasteiger charge is -2.24.